The Hall–Kier alpha value is -2.20. The second-order valence-electron chi connectivity index (χ2n) is 7.31. The normalized spacial score (nSPS) is 16.3. The molecule has 2 amide bonds. The van der Waals surface area contributed by atoms with E-state index in [0.717, 1.165) is 5.32 Å². The van der Waals surface area contributed by atoms with Crippen LogP contribution in [0.3, 0.4) is 0 Å². The van der Waals surface area contributed by atoms with Crippen LogP contribution in [0.4, 0.5) is 57.7 Å². The molecule has 17 heteroatoms. The summed E-state index contributed by atoms with van der Waals surface area (Å²) in [5.74, 6) is -41.8. The molecule has 1 aliphatic rings. The molecule has 0 bridgehead atoms. The maximum atomic E-state index is 14.1. The molecule has 34 heavy (non-hydrogen) atoms. The minimum Gasteiger partial charge on any atom is -0.365 e. The molecule has 4 nitrogen and oxygen atoms in total. The fourth-order valence-electron chi connectivity index (χ4n) is 3.16. The highest BCUT2D eigenvalue weighted by Crippen LogP contribution is 2.58. The molecule has 1 aliphatic carbocycles. The highest BCUT2D eigenvalue weighted by Gasteiger charge is 2.89. The van der Waals surface area contributed by atoms with Crippen molar-refractivity contribution >= 4 is 28.2 Å². The highest BCUT2D eigenvalue weighted by atomic mass is 32.1. The number of alkyl halides is 12. The van der Waals surface area contributed by atoms with Gasteiger partial charge in [-0.1, -0.05) is 6.42 Å². The van der Waals surface area contributed by atoms with E-state index < -0.39 is 58.4 Å². The van der Waals surface area contributed by atoms with E-state index in [-0.39, 0.29) is 18.4 Å². The minimum atomic E-state index is -7.83. The van der Waals surface area contributed by atoms with Gasteiger partial charge in [0, 0.05) is 4.88 Å². The second-order valence-corrected chi connectivity index (χ2v) is 8.41. The average molecular weight is 538 g/mol. The summed E-state index contributed by atoms with van der Waals surface area (Å²) in [7, 11) is 0. The van der Waals surface area contributed by atoms with Gasteiger partial charge in [0.2, 0.25) is 0 Å². The third-order valence-electron chi connectivity index (χ3n) is 5.06. The van der Waals surface area contributed by atoms with Gasteiger partial charge < -0.3 is 11.1 Å². The van der Waals surface area contributed by atoms with Crippen LogP contribution >= 0.6 is 11.3 Å². The number of nitrogens with one attached hydrogen (secondary N) is 1. The molecule has 0 fully saturated rings. The van der Waals surface area contributed by atoms with Crippen molar-refractivity contribution < 1.29 is 62.3 Å². The molecule has 194 valence electrons. The van der Waals surface area contributed by atoms with Gasteiger partial charge in [-0.15, -0.1) is 11.3 Å². The zero-order valence-corrected chi connectivity index (χ0v) is 17.3. The van der Waals surface area contributed by atoms with Crippen molar-refractivity contribution in [3.05, 3.63) is 16.0 Å². The number of halogens is 12. The van der Waals surface area contributed by atoms with Crippen molar-refractivity contribution in [1.29, 1.82) is 0 Å². The molecule has 0 saturated carbocycles. The number of amides is 2. The molecule has 0 unspecified atom stereocenters. The predicted octanol–water partition coefficient (Wildman–Crippen LogP) is 5.50. The van der Waals surface area contributed by atoms with E-state index in [1.54, 1.807) is 0 Å². The van der Waals surface area contributed by atoms with Crippen LogP contribution in [0.5, 0.6) is 0 Å². The van der Waals surface area contributed by atoms with Crippen molar-refractivity contribution in [3.8, 4) is 0 Å². The first-order chi connectivity index (χ1) is 15.2. The van der Waals surface area contributed by atoms with E-state index in [4.69, 9.17) is 5.73 Å². The monoisotopic (exact) mass is 538 g/mol. The molecular weight excluding hydrogens is 524 g/mol. The summed E-state index contributed by atoms with van der Waals surface area (Å²) in [6, 6.07) is 0. The van der Waals surface area contributed by atoms with Crippen LogP contribution in [0.15, 0.2) is 0 Å². The molecule has 1 heterocycles. The van der Waals surface area contributed by atoms with E-state index >= 15 is 0 Å². The molecule has 0 spiro atoms. The standard InChI is InChI=1S/C17H14F12N2O2S/c18-11(19)13(20,21)15(24,25)17(28,29)16(26,27)14(22,23)12(33)31-10-8(9(30)32)6-4-2-1-3-5-7(6)34-10/h11H,1-5H2,(H2,30,32)(H,31,33). The molecule has 2 rings (SSSR count). The molecule has 3 N–H and O–H groups in total. The van der Waals surface area contributed by atoms with E-state index in [0.29, 0.717) is 35.5 Å². The van der Waals surface area contributed by atoms with Gasteiger partial charge in [0.05, 0.1) is 5.56 Å². The summed E-state index contributed by atoms with van der Waals surface area (Å²) in [4.78, 5) is 23.8. The zero-order valence-electron chi connectivity index (χ0n) is 16.5. The first kappa shape index (κ1) is 28.0. The van der Waals surface area contributed by atoms with Crippen LogP contribution < -0.4 is 11.1 Å². The maximum absolute atomic E-state index is 14.1. The summed E-state index contributed by atoms with van der Waals surface area (Å²) in [6.45, 7) is 0. The maximum Gasteiger partial charge on any atom is 0.393 e. The number of rotatable bonds is 8. The SMILES string of the molecule is NC(=O)c1c(NC(=O)C(F)(F)C(F)(F)C(F)(F)C(F)(F)C(F)(F)C(F)F)sc2c1CCCCC2. The van der Waals surface area contributed by atoms with E-state index in [1.165, 1.54) is 0 Å². The minimum absolute atomic E-state index is 0.152. The van der Waals surface area contributed by atoms with Crippen molar-refractivity contribution in [2.75, 3.05) is 5.32 Å². The number of carbonyl (C=O) groups is 2. The molecule has 0 radical (unpaired) electrons. The third kappa shape index (κ3) is 4.08. The predicted molar refractivity (Wildman–Crippen MR) is 93.5 cm³/mol. The van der Waals surface area contributed by atoms with Gasteiger partial charge in [0.15, 0.2) is 0 Å². The summed E-state index contributed by atoms with van der Waals surface area (Å²) in [5, 5.41) is 0.154. The molecule has 0 saturated heterocycles. The number of carbonyl (C=O) groups excluding carboxylic acids is 2. The lowest BCUT2D eigenvalue weighted by atomic mass is 9.94. The first-order valence-corrected chi connectivity index (χ1v) is 9.99. The summed E-state index contributed by atoms with van der Waals surface area (Å²) >= 11 is 0.414. The fourth-order valence-corrected chi connectivity index (χ4v) is 4.45. The zero-order chi connectivity index (χ0) is 26.5. The first-order valence-electron chi connectivity index (χ1n) is 9.18. The van der Waals surface area contributed by atoms with Crippen LogP contribution in [0.25, 0.3) is 0 Å². The molecule has 0 aromatic carbocycles. The number of primary amides is 1. The third-order valence-corrected chi connectivity index (χ3v) is 6.26. The number of thiophene rings is 1. The smallest absolute Gasteiger partial charge is 0.365 e. The topological polar surface area (TPSA) is 72.2 Å². The van der Waals surface area contributed by atoms with Crippen molar-refractivity contribution in [1.82, 2.24) is 0 Å². The van der Waals surface area contributed by atoms with Gasteiger partial charge >= 0.3 is 41.9 Å². The molecular formula is C17H14F12N2O2S. The van der Waals surface area contributed by atoms with Crippen molar-refractivity contribution in [3.63, 3.8) is 0 Å². The molecule has 0 atom stereocenters. The largest absolute Gasteiger partial charge is 0.393 e. The van der Waals surface area contributed by atoms with Crippen molar-refractivity contribution in [2.24, 2.45) is 5.73 Å². The number of hydrogen-bond donors (Lipinski definition) is 2. The molecule has 1 aromatic heterocycles. The molecule has 0 aliphatic heterocycles. The van der Waals surface area contributed by atoms with Crippen LogP contribution in [0.1, 0.15) is 40.1 Å². The van der Waals surface area contributed by atoms with Crippen molar-refractivity contribution in [2.45, 2.75) is 68.1 Å². The Morgan fingerprint density at radius 1 is 0.824 bits per heavy atom. The van der Waals surface area contributed by atoms with Gasteiger partial charge in [-0.3, -0.25) is 9.59 Å². The Balaban J connectivity index is 2.48. The van der Waals surface area contributed by atoms with Gasteiger partial charge in [0.25, 0.3) is 5.91 Å². The lowest BCUT2D eigenvalue weighted by Crippen LogP contribution is -2.70. The van der Waals surface area contributed by atoms with Crippen LogP contribution in [-0.4, -0.2) is 47.9 Å². The van der Waals surface area contributed by atoms with E-state index in [2.05, 4.69) is 0 Å². The number of hydrogen-bond acceptors (Lipinski definition) is 3. The number of fused-ring (bicyclic) bond motifs is 1. The summed E-state index contributed by atoms with van der Waals surface area (Å²) in [5.41, 5.74) is 4.69. The Bertz CT molecular complexity index is 961. The number of nitrogens with two attached hydrogens (primary N) is 1. The summed E-state index contributed by atoms with van der Waals surface area (Å²) < 4.78 is 160. The fraction of sp³-hybridized carbons (Fsp3) is 0.647. The van der Waals surface area contributed by atoms with E-state index in [9.17, 15) is 62.3 Å². The number of aryl methyl sites for hydroxylation is 1. The summed E-state index contributed by atoms with van der Waals surface area (Å²) in [6.07, 6.45) is -3.56. The van der Waals surface area contributed by atoms with Crippen LogP contribution in [-0.2, 0) is 17.6 Å². The van der Waals surface area contributed by atoms with E-state index in [1.807, 2.05) is 0 Å². The van der Waals surface area contributed by atoms with Crippen LogP contribution in [0, 0.1) is 0 Å². The molecule has 1 aromatic rings. The van der Waals surface area contributed by atoms with Crippen LogP contribution in [0.2, 0.25) is 0 Å². The van der Waals surface area contributed by atoms with Gasteiger partial charge in [0.1, 0.15) is 5.00 Å². The quantitative estimate of drug-likeness (QED) is 0.339. The Kier molecular flexibility index (Phi) is 7.24. The Morgan fingerprint density at radius 3 is 1.85 bits per heavy atom. The average Bonchev–Trinajstić information content (AvgIpc) is 2.87. The Morgan fingerprint density at radius 2 is 1.35 bits per heavy atom. The highest BCUT2D eigenvalue weighted by molar-refractivity contribution is 7.17. The lowest BCUT2D eigenvalue weighted by Gasteiger charge is -2.38. The van der Waals surface area contributed by atoms with Gasteiger partial charge in [-0.2, -0.15) is 43.9 Å². The van der Waals surface area contributed by atoms with Gasteiger partial charge in [-0.25, -0.2) is 8.78 Å². The second kappa shape index (κ2) is 8.78. The number of anilines is 1. The Labute approximate surface area is 186 Å². The van der Waals surface area contributed by atoms with Gasteiger partial charge in [-0.05, 0) is 31.2 Å². The lowest BCUT2D eigenvalue weighted by molar-refractivity contribution is -0.406.